The molecular weight excluding hydrogens is 438 g/mol. The fraction of sp³-hybridized carbons (Fsp3) is 0.286. The lowest BCUT2D eigenvalue weighted by molar-refractivity contribution is -0.125. The molecule has 1 aromatic carbocycles. The molecule has 31 heavy (non-hydrogen) atoms. The lowest BCUT2D eigenvalue weighted by Gasteiger charge is -2.26. The van der Waals surface area contributed by atoms with Crippen molar-refractivity contribution in [3.05, 3.63) is 51.8 Å². The summed E-state index contributed by atoms with van der Waals surface area (Å²) in [7, 11) is 0. The van der Waals surface area contributed by atoms with Crippen LogP contribution in [-0.2, 0) is 11.3 Å². The topological polar surface area (TPSA) is 109 Å². The van der Waals surface area contributed by atoms with Gasteiger partial charge in [-0.15, -0.1) is 11.3 Å². The number of carbonyl (C=O) groups is 3. The van der Waals surface area contributed by atoms with Crippen LogP contribution in [-0.4, -0.2) is 39.5 Å². The quantitative estimate of drug-likeness (QED) is 0.556. The highest BCUT2D eigenvalue weighted by atomic mass is 35.5. The molecule has 4 N–H and O–H groups in total. The van der Waals surface area contributed by atoms with Gasteiger partial charge in [-0.2, -0.15) is 0 Å². The number of piperidine rings is 1. The van der Waals surface area contributed by atoms with Crippen molar-refractivity contribution in [3.63, 3.8) is 0 Å². The van der Waals surface area contributed by atoms with E-state index in [4.69, 9.17) is 17.3 Å². The minimum Gasteiger partial charge on any atom is -0.351 e. The Morgan fingerprint density at radius 1 is 1.16 bits per heavy atom. The van der Waals surface area contributed by atoms with E-state index in [1.807, 2.05) is 18.2 Å². The van der Waals surface area contributed by atoms with Crippen LogP contribution in [0.3, 0.4) is 0 Å². The molecular formula is C21H20ClN5O3S. The number of para-hydroxylation sites is 1. The van der Waals surface area contributed by atoms with E-state index in [2.05, 4.69) is 10.6 Å². The summed E-state index contributed by atoms with van der Waals surface area (Å²) >= 11 is 7.36. The van der Waals surface area contributed by atoms with Crippen LogP contribution in [0.4, 0.5) is 15.3 Å². The van der Waals surface area contributed by atoms with Crippen molar-refractivity contribution in [3.8, 4) is 0 Å². The van der Waals surface area contributed by atoms with Gasteiger partial charge in [0.05, 0.1) is 22.1 Å². The van der Waals surface area contributed by atoms with Crippen molar-refractivity contribution in [2.24, 2.45) is 11.7 Å². The van der Waals surface area contributed by atoms with E-state index in [0.717, 1.165) is 11.3 Å². The zero-order valence-electron chi connectivity index (χ0n) is 16.4. The number of primary amides is 1. The number of anilines is 1. The highest BCUT2D eigenvalue weighted by Crippen LogP contribution is 2.48. The molecule has 1 aliphatic carbocycles. The molecule has 1 saturated carbocycles. The molecule has 2 aliphatic rings. The molecule has 2 aromatic heterocycles. The molecule has 3 atom stereocenters. The Bertz CT molecular complexity index is 1200. The lowest BCUT2D eigenvalue weighted by atomic mass is 10.1. The number of rotatable bonds is 4. The van der Waals surface area contributed by atoms with Gasteiger partial charge in [0.1, 0.15) is 6.04 Å². The number of nitrogens with one attached hydrogen (secondary N) is 2. The fourth-order valence-electron chi connectivity index (χ4n) is 4.36. The molecule has 2 fully saturated rings. The normalized spacial score (nSPS) is 21.7. The molecule has 10 heteroatoms. The molecule has 0 spiro atoms. The number of hydrogen-bond acceptors (Lipinski definition) is 4. The van der Waals surface area contributed by atoms with Crippen molar-refractivity contribution >= 4 is 57.5 Å². The van der Waals surface area contributed by atoms with E-state index in [-0.39, 0.29) is 18.0 Å². The van der Waals surface area contributed by atoms with Gasteiger partial charge in [-0.1, -0.05) is 29.8 Å². The number of amides is 4. The van der Waals surface area contributed by atoms with Crippen LogP contribution in [0, 0.1) is 5.92 Å². The van der Waals surface area contributed by atoms with E-state index in [1.165, 1.54) is 22.1 Å². The van der Waals surface area contributed by atoms with Crippen molar-refractivity contribution in [1.29, 1.82) is 0 Å². The number of nitrogens with two attached hydrogens (primary N) is 1. The van der Waals surface area contributed by atoms with Crippen LogP contribution in [0.25, 0.3) is 10.9 Å². The molecule has 3 aromatic rings. The van der Waals surface area contributed by atoms with Crippen molar-refractivity contribution < 1.29 is 14.4 Å². The average molecular weight is 458 g/mol. The minimum absolute atomic E-state index is 0.0661. The van der Waals surface area contributed by atoms with Gasteiger partial charge in [-0.05, 0) is 37.0 Å². The molecule has 160 valence electrons. The summed E-state index contributed by atoms with van der Waals surface area (Å²) in [5.41, 5.74) is 6.55. The Labute approximate surface area is 186 Å². The van der Waals surface area contributed by atoms with Gasteiger partial charge in [0.15, 0.2) is 0 Å². The van der Waals surface area contributed by atoms with Gasteiger partial charge in [0.25, 0.3) is 0 Å². The third-order valence-electron chi connectivity index (χ3n) is 5.90. The van der Waals surface area contributed by atoms with Crippen LogP contribution in [0.2, 0.25) is 4.34 Å². The first-order valence-electron chi connectivity index (χ1n) is 9.93. The number of carbonyl (C=O) groups excluding carboxylic acids is 3. The maximum Gasteiger partial charge on any atom is 0.323 e. The zero-order chi connectivity index (χ0) is 21.7. The number of likely N-dealkylation sites (tertiary alicyclic amines) is 1. The molecule has 0 unspecified atom stereocenters. The minimum atomic E-state index is -0.633. The van der Waals surface area contributed by atoms with Gasteiger partial charge in [0, 0.05) is 22.5 Å². The number of benzene rings is 1. The number of urea groups is 1. The average Bonchev–Trinajstić information content (AvgIpc) is 3.08. The lowest BCUT2D eigenvalue weighted by Crippen LogP contribution is -2.49. The van der Waals surface area contributed by atoms with Crippen LogP contribution in [0.15, 0.2) is 42.6 Å². The van der Waals surface area contributed by atoms with Gasteiger partial charge >= 0.3 is 12.1 Å². The van der Waals surface area contributed by atoms with Crippen LogP contribution >= 0.6 is 22.9 Å². The first-order valence-corrected chi connectivity index (χ1v) is 11.1. The van der Waals surface area contributed by atoms with E-state index in [1.54, 1.807) is 23.1 Å². The fourth-order valence-corrected chi connectivity index (χ4v) is 5.39. The molecule has 8 nitrogen and oxygen atoms in total. The summed E-state index contributed by atoms with van der Waals surface area (Å²) in [5.74, 6) is 0.177. The van der Waals surface area contributed by atoms with Gasteiger partial charge in [-0.3, -0.25) is 9.36 Å². The van der Waals surface area contributed by atoms with Crippen molar-refractivity contribution in [2.45, 2.75) is 31.5 Å². The molecule has 1 aliphatic heterocycles. The number of thiophene rings is 1. The first kappa shape index (κ1) is 19.9. The van der Waals surface area contributed by atoms with Gasteiger partial charge < -0.3 is 21.3 Å². The summed E-state index contributed by atoms with van der Waals surface area (Å²) in [4.78, 5) is 40.4. The summed E-state index contributed by atoms with van der Waals surface area (Å²) in [6, 6.07) is 9.41. The number of fused-ring (bicyclic) bond motifs is 2. The predicted octanol–water partition coefficient (Wildman–Crippen LogP) is 3.59. The second-order valence-corrected chi connectivity index (χ2v) is 9.64. The molecule has 5 rings (SSSR count). The molecule has 0 radical (unpaired) electrons. The predicted molar refractivity (Wildman–Crippen MR) is 119 cm³/mol. The number of aromatic nitrogens is 1. The monoisotopic (exact) mass is 457 g/mol. The van der Waals surface area contributed by atoms with Crippen LogP contribution in [0.5, 0.6) is 0 Å². The van der Waals surface area contributed by atoms with E-state index < -0.39 is 12.1 Å². The smallest absolute Gasteiger partial charge is 0.323 e. The molecule has 4 amide bonds. The summed E-state index contributed by atoms with van der Waals surface area (Å²) in [6.45, 7) is 0.379. The van der Waals surface area contributed by atoms with E-state index in [0.29, 0.717) is 39.8 Å². The zero-order valence-corrected chi connectivity index (χ0v) is 17.9. The highest BCUT2D eigenvalue weighted by molar-refractivity contribution is 7.16. The second kappa shape index (κ2) is 7.58. The number of nitrogens with zero attached hydrogens (tertiary/aromatic N) is 2. The van der Waals surface area contributed by atoms with Gasteiger partial charge in [0.2, 0.25) is 5.91 Å². The first-order chi connectivity index (χ1) is 14.9. The van der Waals surface area contributed by atoms with E-state index >= 15 is 0 Å². The Morgan fingerprint density at radius 2 is 1.97 bits per heavy atom. The van der Waals surface area contributed by atoms with Crippen molar-refractivity contribution in [1.82, 2.24) is 14.8 Å². The summed E-state index contributed by atoms with van der Waals surface area (Å²) in [6.07, 6.45) is 3.07. The van der Waals surface area contributed by atoms with Crippen molar-refractivity contribution in [2.75, 3.05) is 5.32 Å². The number of halogens is 1. The Balaban J connectivity index is 1.33. The maximum atomic E-state index is 13.2. The Kier molecular flexibility index (Phi) is 4.86. The SMILES string of the molecule is NC(=O)n1cc(NC(=O)N2[C@@H]3C[C@@H]3C[C@H]2C(=O)NCc2ccc(Cl)s2)c2ccccc21. The maximum absolute atomic E-state index is 13.2. The third-order valence-corrected chi connectivity index (χ3v) is 7.13. The summed E-state index contributed by atoms with van der Waals surface area (Å²) in [5, 5.41) is 6.51. The number of hydrogen-bond donors (Lipinski definition) is 3. The molecule has 1 saturated heterocycles. The second-order valence-electron chi connectivity index (χ2n) is 7.84. The van der Waals surface area contributed by atoms with E-state index in [9.17, 15) is 14.4 Å². The third kappa shape index (κ3) is 3.64. The molecule has 3 heterocycles. The Hall–Kier alpha value is -3.04. The molecule has 0 bridgehead atoms. The largest absolute Gasteiger partial charge is 0.351 e. The van der Waals surface area contributed by atoms with Crippen LogP contribution in [0.1, 0.15) is 17.7 Å². The highest BCUT2D eigenvalue weighted by Gasteiger charge is 2.56. The Morgan fingerprint density at radius 3 is 2.71 bits per heavy atom. The van der Waals surface area contributed by atoms with Crippen LogP contribution < -0.4 is 16.4 Å². The standard InChI is InChI=1S/C21H20ClN5O3S/c22-18-6-5-12(31-18)9-24-19(28)17-8-11-7-16(11)27(17)21(30)25-14-10-26(20(23)29)15-4-2-1-3-13(14)15/h1-6,10-11,16-17H,7-9H2,(H2,23,29)(H,24,28)(H,25,30)/t11-,16-,17+/m1/s1. The summed E-state index contributed by atoms with van der Waals surface area (Å²) < 4.78 is 1.97. The van der Waals surface area contributed by atoms with Gasteiger partial charge in [-0.25, -0.2) is 9.59 Å².